The first-order valence-corrected chi connectivity index (χ1v) is 12.3. The van der Waals surface area contributed by atoms with E-state index in [4.69, 9.17) is 16.7 Å². The first kappa shape index (κ1) is 25.2. The summed E-state index contributed by atoms with van der Waals surface area (Å²) in [6.45, 7) is 14.9. The minimum absolute atomic E-state index is 0.734. The van der Waals surface area contributed by atoms with Gasteiger partial charge in [-0.25, -0.2) is 9.03 Å². The van der Waals surface area contributed by atoms with Gasteiger partial charge in [-0.15, -0.1) is 0 Å². The first-order chi connectivity index (χ1) is 16.6. The number of aromatic nitrogens is 4. The van der Waals surface area contributed by atoms with Gasteiger partial charge in [0.05, 0.1) is 22.9 Å². The molecule has 0 bridgehead atoms. The Kier molecular flexibility index (Phi) is 7.45. The van der Waals surface area contributed by atoms with Crippen LogP contribution in [-0.4, -0.2) is 63.3 Å². The molecule has 4 aromatic heterocycles. The normalized spacial score (nSPS) is 11.9. The number of hydrogen-bond donors (Lipinski definition) is 0. The topological polar surface area (TPSA) is 41.1 Å². The molecule has 0 aliphatic rings. The Balaban J connectivity index is 1.50. The zero-order valence-corrected chi connectivity index (χ0v) is 22.2. The van der Waals surface area contributed by atoms with Crippen LogP contribution in [0.3, 0.4) is 0 Å². The minimum atomic E-state index is 0.734. The molecular weight excluding hydrogens is 456 g/mol. The summed E-state index contributed by atoms with van der Waals surface area (Å²) in [5.41, 5.74) is 9.67. The van der Waals surface area contributed by atoms with Crippen LogP contribution in [-0.2, 0) is 19.4 Å². The van der Waals surface area contributed by atoms with E-state index in [1.807, 2.05) is 34.4 Å². The van der Waals surface area contributed by atoms with Gasteiger partial charge in [0.2, 0.25) is 0 Å². The monoisotopic (exact) mass is 490 g/mol. The molecule has 0 spiro atoms. The molecule has 7 heteroatoms. The molecule has 0 atom stereocenters. The zero-order valence-electron chi connectivity index (χ0n) is 21.5. The highest BCUT2D eigenvalue weighted by Crippen LogP contribution is 2.26. The lowest BCUT2D eigenvalue weighted by Crippen LogP contribution is -2.22. The van der Waals surface area contributed by atoms with E-state index in [0.29, 0.717) is 0 Å². The predicted octanol–water partition coefficient (Wildman–Crippen LogP) is 5.48. The van der Waals surface area contributed by atoms with Crippen molar-refractivity contribution >= 4 is 33.8 Å². The summed E-state index contributed by atoms with van der Waals surface area (Å²) in [6.07, 6.45) is 7.83. The molecule has 35 heavy (non-hydrogen) atoms. The van der Waals surface area contributed by atoms with Crippen LogP contribution in [0.5, 0.6) is 0 Å². The molecule has 0 aromatic carbocycles. The molecule has 0 radical (unpaired) electrons. The average molecular weight is 491 g/mol. The fraction of sp³-hybridized carbons (Fsp3) is 0.357. The number of hydrogen-bond acceptors (Lipinski definition) is 4. The quantitative estimate of drug-likeness (QED) is 0.295. The van der Waals surface area contributed by atoms with Crippen LogP contribution in [0.15, 0.2) is 49.9 Å². The highest BCUT2D eigenvalue weighted by Gasteiger charge is 2.16. The van der Waals surface area contributed by atoms with E-state index < -0.39 is 0 Å². The standard InChI is InChI=1S/C28H35ClN6/c1-19(2)23-15-30-34-17-22(24(29)14-27(23)34)11-13-33(7)18-25-28(20(3)4)26-9-8-21(10-12-32(5)6)16-35(26)31-25/h8-9,14-17H,1,3,10-13,18H2,2,4-7H3. The fourth-order valence-electron chi connectivity index (χ4n) is 4.42. The van der Waals surface area contributed by atoms with Crippen molar-refractivity contribution in [1.82, 2.24) is 29.0 Å². The zero-order chi connectivity index (χ0) is 25.3. The van der Waals surface area contributed by atoms with Gasteiger partial charge >= 0.3 is 0 Å². The smallest absolute Gasteiger partial charge is 0.0849 e. The van der Waals surface area contributed by atoms with Crippen molar-refractivity contribution in [1.29, 1.82) is 0 Å². The summed E-state index contributed by atoms with van der Waals surface area (Å²) < 4.78 is 3.90. The molecule has 0 N–H and O–H groups in total. The van der Waals surface area contributed by atoms with Crippen molar-refractivity contribution in [2.75, 3.05) is 34.2 Å². The SMILES string of the molecule is C=C(C)c1cnn2cc(CCN(C)Cc3nn4cc(CCN(C)C)ccc4c3C(=C)C)c(Cl)cc12. The van der Waals surface area contributed by atoms with Crippen LogP contribution in [0, 0.1) is 0 Å². The van der Waals surface area contributed by atoms with Crippen LogP contribution in [0.25, 0.3) is 22.2 Å². The number of fused-ring (bicyclic) bond motifs is 2. The van der Waals surface area contributed by atoms with E-state index in [1.54, 1.807) is 0 Å². The molecule has 4 rings (SSSR count). The molecule has 184 valence electrons. The van der Waals surface area contributed by atoms with E-state index in [9.17, 15) is 0 Å². The van der Waals surface area contributed by atoms with E-state index >= 15 is 0 Å². The minimum Gasteiger partial charge on any atom is -0.309 e. The summed E-state index contributed by atoms with van der Waals surface area (Å²) in [5, 5.41) is 10.2. The number of nitrogens with zero attached hydrogens (tertiary/aromatic N) is 6. The van der Waals surface area contributed by atoms with Crippen LogP contribution >= 0.6 is 11.6 Å². The Morgan fingerprint density at radius 3 is 2.43 bits per heavy atom. The number of allylic oxidation sites excluding steroid dienone is 2. The Labute approximate surface area is 213 Å². The van der Waals surface area contributed by atoms with Gasteiger partial charge in [-0.3, -0.25) is 0 Å². The molecule has 0 saturated carbocycles. The molecule has 6 nitrogen and oxygen atoms in total. The first-order valence-electron chi connectivity index (χ1n) is 11.9. The summed E-state index contributed by atoms with van der Waals surface area (Å²) in [7, 11) is 6.31. The Bertz CT molecular complexity index is 1390. The van der Waals surface area contributed by atoms with Gasteiger partial charge in [0, 0.05) is 48.2 Å². The maximum absolute atomic E-state index is 6.64. The number of likely N-dealkylation sites (N-methyl/N-ethyl adjacent to an activating group) is 2. The maximum atomic E-state index is 6.64. The van der Waals surface area contributed by atoms with Gasteiger partial charge in [-0.05, 0) is 82.2 Å². The van der Waals surface area contributed by atoms with Crippen LogP contribution in [0.1, 0.15) is 41.8 Å². The van der Waals surface area contributed by atoms with Gasteiger partial charge in [-0.1, -0.05) is 30.8 Å². The highest BCUT2D eigenvalue weighted by atomic mass is 35.5. The molecule has 0 fully saturated rings. The van der Waals surface area contributed by atoms with Crippen molar-refractivity contribution < 1.29 is 0 Å². The van der Waals surface area contributed by atoms with Gasteiger partial charge in [-0.2, -0.15) is 10.2 Å². The van der Waals surface area contributed by atoms with Crippen LogP contribution in [0.4, 0.5) is 0 Å². The average Bonchev–Trinajstić information content (AvgIpc) is 3.36. The second-order valence-corrected chi connectivity index (χ2v) is 10.2. The number of halogens is 1. The van der Waals surface area contributed by atoms with Crippen molar-refractivity contribution in [3.63, 3.8) is 0 Å². The maximum Gasteiger partial charge on any atom is 0.0849 e. The van der Waals surface area contributed by atoms with E-state index in [0.717, 1.165) is 82.1 Å². The lowest BCUT2D eigenvalue weighted by Gasteiger charge is -2.17. The van der Waals surface area contributed by atoms with Crippen molar-refractivity contribution in [2.24, 2.45) is 0 Å². The summed E-state index contributed by atoms with van der Waals surface area (Å²) in [4.78, 5) is 4.48. The molecule has 0 aliphatic heterocycles. The summed E-state index contributed by atoms with van der Waals surface area (Å²) in [5.74, 6) is 0. The molecular formula is C28H35ClN6. The Morgan fingerprint density at radius 2 is 1.74 bits per heavy atom. The predicted molar refractivity (Wildman–Crippen MR) is 147 cm³/mol. The molecule has 4 heterocycles. The van der Waals surface area contributed by atoms with Crippen molar-refractivity contribution in [2.45, 2.75) is 33.2 Å². The fourth-order valence-corrected chi connectivity index (χ4v) is 4.66. The molecule has 0 unspecified atom stereocenters. The van der Waals surface area contributed by atoms with E-state index in [-0.39, 0.29) is 0 Å². The molecule has 0 amide bonds. The van der Waals surface area contributed by atoms with Gasteiger partial charge < -0.3 is 9.80 Å². The van der Waals surface area contributed by atoms with E-state index in [1.165, 1.54) is 5.56 Å². The van der Waals surface area contributed by atoms with Gasteiger partial charge in [0.15, 0.2) is 0 Å². The second-order valence-electron chi connectivity index (χ2n) is 9.83. The third-order valence-electron chi connectivity index (χ3n) is 6.36. The Hall–Kier alpha value is -2.93. The van der Waals surface area contributed by atoms with E-state index in [2.05, 4.69) is 74.5 Å². The Morgan fingerprint density at radius 1 is 0.971 bits per heavy atom. The summed E-state index contributed by atoms with van der Waals surface area (Å²) in [6, 6.07) is 6.36. The largest absolute Gasteiger partial charge is 0.309 e. The van der Waals surface area contributed by atoms with Crippen molar-refractivity contribution in [3.05, 3.63) is 82.9 Å². The third-order valence-corrected chi connectivity index (χ3v) is 6.71. The highest BCUT2D eigenvalue weighted by molar-refractivity contribution is 6.31. The number of pyridine rings is 2. The van der Waals surface area contributed by atoms with Gasteiger partial charge in [0.1, 0.15) is 0 Å². The number of rotatable bonds is 10. The lowest BCUT2D eigenvalue weighted by molar-refractivity contribution is 0.326. The summed E-state index contributed by atoms with van der Waals surface area (Å²) >= 11 is 6.64. The van der Waals surface area contributed by atoms with Gasteiger partial charge in [0.25, 0.3) is 0 Å². The molecule has 0 aliphatic carbocycles. The van der Waals surface area contributed by atoms with Crippen LogP contribution < -0.4 is 0 Å². The molecule has 4 aromatic rings. The third kappa shape index (κ3) is 5.50. The lowest BCUT2D eigenvalue weighted by atomic mass is 10.1. The van der Waals surface area contributed by atoms with Crippen molar-refractivity contribution in [3.8, 4) is 0 Å². The molecule has 0 saturated heterocycles. The van der Waals surface area contributed by atoms with Crippen LogP contribution in [0.2, 0.25) is 5.02 Å². The second kappa shape index (κ2) is 10.4.